The highest BCUT2D eigenvalue weighted by Crippen LogP contribution is 2.31. The molecule has 4 rings (SSSR count). The van der Waals surface area contributed by atoms with Gasteiger partial charge in [0.1, 0.15) is 11.6 Å². The predicted octanol–water partition coefficient (Wildman–Crippen LogP) is 3.97. The minimum Gasteiger partial charge on any atom is -0.357 e. The first kappa shape index (κ1) is 16.1. The highest BCUT2D eigenvalue weighted by molar-refractivity contribution is 5.87. The summed E-state index contributed by atoms with van der Waals surface area (Å²) in [6.07, 6.45) is 2.14. The molecule has 3 heterocycles. The van der Waals surface area contributed by atoms with Gasteiger partial charge in [-0.15, -0.1) is 0 Å². The van der Waals surface area contributed by atoms with Crippen LogP contribution >= 0.6 is 0 Å². The van der Waals surface area contributed by atoms with Crippen molar-refractivity contribution < 1.29 is 0 Å². The van der Waals surface area contributed by atoms with Gasteiger partial charge in [-0.25, -0.2) is 9.97 Å². The zero-order valence-corrected chi connectivity index (χ0v) is 15.4. The van der Waals surface area contributed by atoms with Crippen molar-refractivity contribution in [2.24, 2.45) is 0 Å². The summed E-state index contributed by atoms with van der Waals surface area (Å²) in [5.74, 6) is 3.41. The number of benzene rings is 1. The van der Waals surface area contributed by atoms with Crippen LogP contribution in [0.4, 0.5) is 5.82 Å². The molecule has 0 spiro atoms. The van der Waals surface area contributed by atoms with Crippen molar-refractivity contribution in [1.82, 2.24) is 20.2 Å². The SMILES string of the molecule is Cc1nc(C2CCN(c3cc(C)c4ccc(C)c(C)c4n3)CC2)n[nH]1. The van der Waals surface area contributed by atoms with Gasteiger partial charge in [0.2, 0.25) is 0 Å². The quantitative estimate of drug-likeness (QED) is 0.770. The molecule has 1 fully saturated rings. The van der Waals surface area contributed by atoms with Gasteiger partial charge < -0.3 is 4.90 Å². The maximum absolute atomic E-state index is 5.01. The van der Waals surface area contributed by atoms with Crippen molar-refractivity contribution >= 4 is 16.7 Å². The van der Waals surface area contributed by atoms with E-state index in [1.54, 1.807) is 0 Å². The first-order valence-corrected chi connectivity index (χ1v) is 9.04. The van der Waals surface area contributed by atoms with Crippen molar-refractivity contribution in [3.8, 4) is 0 Å². The van der Waals surface area contributed by atoms with Crippen LogP contribution in [0, 0.1) is 27.7 Å². The Morgan fingerprint density at radius 2 is 1.76 bits per heavy atom. The molecule has 0 bridgehead atoms. The van der Waals surface area contributed by atoms with Crippen LogP contribution in [0.2, 0.25) is 0 Å². The van der Waals surface area contributed by atoms with Gasteiger partial charge in [-0.05, 0) is 63.3 Å². The molecule has 0 aliphatic carbocycles. The van der Waals surface area contributed by atoms with E-state index in [0.717, 1.165) is 48.9 Å². The van der Waals surface area contributed by atoms with E-state index in [-0.39, 0.29) is 0 Å². The zero-order valence-electron chi connectivity index (χ0n) is 15.4. The van der Waals surface area contributed by atoms with E-state index >= 15 is 0 Å². The molecule has 5 heteroatoms. The number of anilines is 1. The Morgan fingerprint density at radius 1 is 1.00 bits per heavy atom. The molecule has 1 N–H and O–H groups in total. The summed E-state index contributed by atoms with van der Waals surface area (Å²) in [6.45, 7) is 10.5. The Hall–Kier alpha value is -2.43. The Morgan fingerprint density at radius 3 is 2.44 bits per heavy atom. The van der Waals surface area contributed by atoms with Crippen molar-refractivity contribution in [3.05, 3.63) is 46.5 Å². The van der Waals surface area contributed by atoms with Gasteiger partial charge in [0, 0.05) is 24.4 Å². The van der Waals surface area contributed by atoms with Gasteiger partial charge >= 0.3 is 0 Å². The maximum atomic E-state index is 5.01. The Balaban J connectivity index is 1.59. The molecule has 0 saturated carbocycles. The molecule has 2 aromatic heterocycles. The second-order valence-electron chi connectivity index (χ2n) is 7.24. The van der Waals surface area contributed by atoms with Gasteiger partial charge in [-0.3, -0.25) is 5.10 Å². The van der Waals surface area contributed by atoms with Crippen LogP contribution in [0.3, 0.4) is 0 Å². The molecule has 25 heavy (non-hydrogen) atoms. The lowest BCUT2D eigenvalue weighted by Gasteiger charge is -2.32. The van der Waals surface area contributed by atoms with E-state index in [0.29, 0.717) is 5.92 Å². The second-order valence-corrected chi connectivity index (χ2v) is 7.24. The van der Waals surface area contributed by atoms with E-state index in [2.05, 4.69) is 59.1 Å². The van der Waals surface area contributed by atoms with Gasteiger partial charge in [-0.1, -0.05) is 12.1 Å². The first-order valence-electron chi connectivity index (χ1n) is 9.04. The summed E-state index contributed by atoms with van der Waals surface area (Å²) in [6, 6.07) is 6.62. The molecule has 5 nitrogen and oxygen atoms in total. The number of nitrogens with one attached hydrogen (secondary N) is 1. The van der Waals surface area contributed by atoms with Crippen LogP contribution in [0.15, 0.2) is 18.2 Å². The monoisotopic (exact) mass is 335 g/mol. The highest BCUT2D eigenvalue weighted by atomic mass is 15.2. The smallest absolute Gasteiger partial charge is 0.153 e. The van der Waals surface area contributed by atoms with Crippen LogP contribution in [0.1, 0.15) is 47.1 Å². The lowest BCUT2D eigenvalue weighted by molar-refractivity contribution is 0.484. The summed E-state index contributed by atoms with van der Waals surface area (Å²) in [5.41, 5.74) is 5.03. The average Bonchev–Trinajstić information content (AvgIpc) is 3.05. The van der Waals surface area contributed by atoms with Crippen LogP contribution in [0.5, 0.6) is 0 Å². The van der Waals surface area contributed by atoms with E-state index in [4.69, 9.17) is 4.98 Å². The van der Waals surface area contributed by atoms with Gasteiger partial charge in [0.05, 0.1) is 5.52 Å². The maximum Gasteiger partial charge on any atom is 0.153 e. The predicted molar refractivity (Wildman–Crippen MR) is 101 cm³/mol. The van der Waals surface area contributed by atoms with Crippen LogP contribution in [-0.2, 0) is 0 Å². The number of piperidine rings is 1. The first-order chi connectivity index (χ1) is 12.0. The number of hydrogen-bond donors (Lipinski definition) is 1. The Bertz CT molecular complexity index is 919. The standard InChI is InChI=1S/C20H25N5/c1-12-5-6-17-13(2)11-18(22-19(17)14(12)3)25-9-7-16(8-10-25)20-21-15(4)23-24-20/h5-6,11,16H,7-10H2,1-4H3,(H,21,23,24). The molecule has 0 atom stereocenters. The minimum absolute atomic E-state index is 0.451. The lowest BCUT2D eigenvalue weighted by atomic mass is 9.96. The number of H-pyrrole nitrogens is 1. The number of rotatable bonds is 2. The van der Waals surface area contributed by atoms with Crippen molar-refractivity contribution in [1.29, 1.82) is 0 Å². The fraction of sp³-hybridized carbons (Fsp3) is 0.450. The average molecular weight is 335 g/mol. The van der Waals surface area contributed by atoms with Crippen molar-refractivity contribution in [2.45, 2.75) is 46.5 Å². The van der Waals surface area contributed by atoms with Gasteiger partial charge in [0.15, 0.2) is 5.82 Å². The number of fused-ring (bicyclic) bond motifs is 1. The second kappa shape index (κ2) is 6.14. The highest BCUT2D eigenvalue weighted by Gasteiger charge is 2.24. The lowest BCUT2D eigenvalue weighted by Crippen LogP contribution is -2.33. The van der Waals surface area contributed by atoms with Crippen LogP contribution < -0.4 is 4.90 Å². The third-order valence-electron chi connectivity index (χ3n) is 5.50. The minimum atomic E-state index is 0.451. The van der Waals surface area contributed by atoms with E-state index in [1.807, 2.05) is 6.92 Å². The number of aromatic nitrogens is 4. The summed E-state index contributed by atoms with van der Waals surface area (Å²) in [4.78, 5) is 11.9. The molecule has 1 aromatic carbocycles. The molecule has 3 aromatic rings. The molecule has 0 amide bonds. The van der Waals surface area contributed by atoms with Crippen molar-refractivity contribution in [3.63, 3.8) is 0 Å². The van der Waals surface area contributed by atoms with E-state index in [1.165, 1.54) is 22.1 Å². The number of aryl methyl sites for hydroxylation is 4. The van der Waals surface area contributed by atoms with Crippen molar-refractivity contribution in [2.75, 3.05) is 18.0 Å². The zero-order chi connectivity index (χ0) is 17.6. The molecule has 1 aliphatic heterocycles. The van der Waals surface area contributed by atoms with E-state index in [9.17, 15) is 0 Å². The summed E-state index contributed by atoms with van der Waals surface area (Å²) >= 11 is 0. The topological polar surface area (TPSA) is 57.7 Å². The van der Waals surface area contributed by atoms with Crippen LogP contribution in [0.25, 0.3) is 10.9 Å². The van der Waals surface area contributed by atoms with Gasteiger partial charge in [-0.2, -0.15) is 5.10 Å². The fourth-order valence-electron chi connectivity index (χ4n) is 3.75. The molecular formula is C20H25N5. The molecule has 1 saturated heterocycles. The summed E-state index contributed by atoms with van der Waals surface area (Å²) in [7, 11) is 0. The third-order valence-corrected chi connectivity index (χ3v) is 5.50. The molecule has 0 unspecified atom stereocenters. The number of pyridine rings is 1. The fourth-order valence-corrected chi connectivity index (χ4v) is 3.75. The normalized spacial score (nSPS) is 15.9. The molecule has 1 aliphatic rings. The van der Waals surface area contributed by atoms with Gasteiger partial charge in [0.25, 0.3) is 0 Å². The van der Waals surface area contributed by atoms with Crippen LogP contribution in [-0.4, -0.2) is 33.3 Å². The number of nitrogens with zero attached hydrogens (tertiary/aromatic N) is 4. The number of aromatic amines is 1. The molecule has 0 radical (unpaired) electrons. The molecule has 130 valence electrons. The Labute approximate surface area is 148 Å². The number of hydrogen-bond acceptors (Lipinski definition) is 4. The van der Waals surface area contributed by atoms with E-state index < -0.39 is 0 Å². The largest absolute Gasteiger partial charge is 0.357 e. The third kappa shape index (κ3) is 2.88. The summed E-state index contributed by atoms with van der Waals surface area (Å²) < 4.78 is 0. The Kier molecular flexibility index (Phi) is 3.94. The molecular weight excluding hydrogens is 310 g/mol. The summed E-state index contributed by atoms with van der Waals surface area (Å²) in [5, 5.41) is 8.57.